The second kappa shape index (κ2) is 5.50. The van der Waals surface area contributed by atoms with E-state index in [-0.39, 0.29) is 5.56 Å². The van der Waals surface area contributed by atoms with Gasteiger partial charge in [-0.1, -0.05) is 23.2 Å². The number of nitrogens with zero attached hydrogens (tertiary/aromatic N) is 2. The van der Waals surface area contributed by atoms with Crippen molar-refractivity contribution in [2.24, 2.45) is 7.05 Å². The smallest absolute Gasteiger partial charge is 0.339 e. The van der Waals surface area contributed by atoms with Crippen LogP contribution < -0.4 is 5.32 Å². The number of aromatic nitrogens is 2. The highest BCUT2D eigenvalue weighted by atomic mass is 35.5. The topological polar surface area (TPSA) is 67.2 Å². The fourth-order valence-electron chi connectivity index (χ4n) is 1.66. The molecule has 0 aliphatic heterocycles. The molecule has 0 radical (unpaired) electrons. The monoisotopic (exact) mass is 299 g/mol. The third kappa shape index (κ3) is 3.00. The number of carboxylic acid groups (broad SMARTS) is 1. The largest absolute Gasteiger partial charge is 0.478 e. The summed E-state index contributed by atoms with van der Waals surface area (Å²) in [6.07, 6.45) is 1.32. The van der Waals surface area contributed by atoms with Crippen molar-refractivity contribution in [3.63, 3.8) is 0 Å². The molecule has 2 N–H and O–H groups in total. The molecule has 0 aliphatic carbocycles. The summed E-state index contributed by atoms with van der Waals surface area (Å²) in [5.41, 5.74) is 1.42. The summed E-state index contributed by atoms with van der Waals surface area (Å²) in [6, 6.07) is 5.06. The van der Waals surface area contributed by atoms with E-state index < -0.39 is 5.97 Å². The molecule has 0 unspecified atom stereocenters. The molecule has 1 aromatic carbocycles. The first kappa shape index (κ1) is 13.7. The number of carboxylic acids is 1. The maximum Gasteiger partial charge on any atom is 0.339 e. The number of hydrogen-bond acceptors (Lipinski definition) is 3. The number of aromatic carboxylic acids is 1. The van der Waals surface area contributed by atoms with Crippen LogP contribution in [0.1, 0.15) is 16.1 Å². The van der Waals surface area contributed by atoms with Crippen molar-refractivity contribution in [1.29, 1.82) is 0 Å². The maximum atomic E-state index is 11.0. The third-order valence-electron chi connectivity index (χ3n) is 2.67. The fraction of sp³-hybridized carbons (Fsp3) is 0.167. The van der Waals surface area contributed by atoms with Gasteiger partial charge < -0.3 is 10.4 Å². The molecule has 100 valence electrons. The molecule has 2 rings (SSSR count). The molecule has 0 atom stereocenters. The van der Waals surface area contributed by atoms with E-state index in [2.05, 4.69) is 10.4 Å². The van der Waals surface area contributed by atoms with Crippen molar-refractivity contribution in [2.75, 3.05) is 5.32 Å². The highest BCUT2D eigenvalue weighted by Gasteiger charge is 2.14. The van der Waals surface area contributed by atoms with Crippen LogP contribution in [0.3, 0.4) is 0 Å². The highest BCUT2D eigenvalue weighted by Crippen LogP contribution is 2.26. The standard InChI is InChI=1S/C12H11Cl2N3O2/c1-17-11(8(5-16-17)12(18)19)6-15-10-3-2-7(13)4-9(10)14/h2-5,15H,6H2,1H3,(H,18,19). The second-order valence-electron chi connectivity index (χ2n) is 3.91. The lowest BCUT2D eigenvalue weighted by atomic mass is 10.2. The Morgan fingerprint density at radius 1 is 1.47 bits per heavy atom. The molecule has 19 heavy (non-hydrogen) atoms. The van der Waals surface area contributed by atoms with E-state index in [1.165, 1.54) is 10.9 Å². The van der Waals surface area contributed by atoms with Crippen molar-refractivity contribution in [3.8, 4) is 0 Å². The van der Waals surface area contributed by atoms with Crippen LogP contribution in [0.2, 0.25) is 10.0 Å². The lowest BCUT2D eigenvalue weighted by Gasteiger charge is -2.09. The molecule has 0 fully saturated rings. The van der Waals surface area contributed by atoms with Crippen LogP contribution in [0.25, 0.3) is 0 Å². The predicted octanol–water partition coefficient (Wildman–Crippen LogP) is 3.04. The Hall–Kier alpha value is -1.72. The number of nitrogens with one attached hydrogen (secondary N) is 1. The van der Waals surface area contributed by atoms with Crippen LogP contribution in [0.4, 0.5) is 5.69 Å². The lowest BCUT2D eigenvalue weighted by molar-refractivity contribution is 0.0695. The fourth-order valence-corrected chi connectivity index (χ4v) is 2.14. The molecule has 1 heterocycles. The van der Waals surface area contributed by atoms with Crippen molar-refractivity contribution >= 4 is 34.9 Å². The Bertz CT molecular complexity index is 625. The summed E-state index contributed by atoms with van der Waals surface area (Å²) in [7, 11) is 1.69. The normalized spacial score (nSPS) is 10.5. The Labute approximate surface area is 119 Å². The summed E-state index contributed by atoms with van der Waals surface area (Å²) in [6.45, 7) is 0.305. The predicted molar refractivity (Wildman–Crippen MR) is 74.0 cm³/mol. The zero-order chi connectivity index (χ0) is 14.0. The Balaban J connectivity index is 2.19. The minimum atomic E-state index is -1.01. The molecular formula is C12H11Cl2N3O2. The summed E-state index contributed by atoms with van der Waals surface area (Å²) < 4.78 is 1.51. The lowest BCUT2D eigenvalue weighted by Crippen LogP contribution is -2.10. The van der Waals surface area contributed by atoms with Crippen LogP contribution in [-0.4, -0.2) is 20.9 Å². The van der Waals surface area contributed by atoms with Gasteiger partial charge >= 0.3 is 5.97 Å². The van der Waals surface area contributed by atoms with Gasteiger partial charge in [0.15, 0.2) is 0 Å². The van der Waals surface area contributed by atoms with E-state index in [9.17, 15) is 4.79 Å². The van der Waals surface area contributed by atoms with Gasteiger partial charge in [-0.05, 0) is 18.2 Å². The summed E-state index contributed by atoms with van der Waals surface area (Å²) in [5.74, 6) is -1.01. The minimum absolute atomic E-state index is 0.167. The van der Waals surface area contributed by atoms with Crippen LogP contribution in [0.5, 0.6) is 0 Å². The van der Waals surface area contributed by atoms with E-state index in [1.807, 2.05) is 0 Å². The van der Waals surface area contributed by atoms with E-state index in [1.54, 1.807) is 25.2 Å². The molecule has 2 aromatic rings. The quantitative estimate of drug-likeness (QED) is 0.910. The number of hydrogen-bond donors (Lipinski definition) is 2. The first-order valence-corrected chi connectivity index (χ1v) is 6.17. The number of anilines is 1. The van der Waals surface area contributed by atoms with Crippen molar-refractivity contribution in [2.45, 2.75) is 6.54 Å². The maximum absolute atomic E-state index is 11.0. The third-order valence-corrected chi connectivity index (χ3v) is 3.22. The minimum Gasteiger partial charge on any atom is -0.478 e. The summed E-state index contributed by atoms with van der Waals surface area (Å²) in [4.78, 5) is 11.0. The van der Waals surface area contributed by atoms with Gasteiger partial charge in [0, 0.05) is 12.1 Å². The molecule has 7 heteroatoms. The van der Waals surface area contributed by atoms with Gasteiger partial charge in [-0.2, -0.15) is 5.10 Å². The van der Waals surface area contributed by atoms with Crippen molar-refractivity contribution in [3.05, 3.63) is 45.7 Å². The van der Waals surface area contributed by atoms with Gasteiger partial charge in [-0.3, -0.25) is 4.68 Å². The molecule has 0 saturated heterocycles. The second-order valence-corrected chi connectivity index (χ2v) is 4.76. The van der Waals surface area contributed by atoms with Crippen LogP contribution in [-0.2, 0) is 13.6 Å². The number of rotatable bonds is 4. The van der Waals surface area contributed by atoms with E-state index in [0.717, 1.165) is 0 Å². The van der Waals surface area contributed by atoms with Gasteiger partial charge in [-0.15, -0.1) is 0 Å². The average Bonchev–Trinajstić information content (AvgIpc) is 2.70. The average molecular weight is 300 g/mol. The molecule has 1 aromatic heterocycles. The molecule has 0 aliphatic rings. The molecule has 0 spiro atoms. The van der Waals surface area contributed by atoms with E-state index in [4.69, 9.17) is 28.3 Å². The molecule has 0 bridgehead atoms. The molecular weight excluding hydrogens is 289 g/mol. The Kier molecular flexibility index (Phi) is 3.97. The number of halogens is 2. The van der Waals surface area contributed by atoms with Gasteiger partial charge in [-0.25, -0.2) is 4.79 Å². The van der Waals surface area contributed by atoms with E-state index >= 15 is 0 Å². The Morgan fingerprint density at radius 3 is 2.84 bits per heavy atom. The molecule has 0 saturated carbocycles. The SMILES string of the molecule is Cn1ncc(C(=O)O)c1CNc1ccc(Cl)cc1Cl. The van der Waals surface area contributed by atoms with Crippen molar-refractivity contribution < 1.29 is 9.90 Å². The number of benzene rings is 1. The molecule has 0 amide bonds. The number of carbonyl (C=O) groups is 1. The van der Waals surface area contributed by atoms with Crippen LogP contribution >= 0.6 is 23.2 Å². The molecule has 5 nitrogen and oxygen atoms in total. The van der Waals surface area contributed by atoms with Crippen LogP contribution in [0.15, 0.2) is 24.4 Å². The van der Waals surface area contributed by atoms with Gasteiger partial charge in [0.1, 0.15) is 5.56 Å². The van der Waals surface area contributed by atoms with Gasteiger partial charge in [0.2, 0.25) is 0 Å². The van der Waals surface area contributed by atoms with E-state index in [0.29, 0.717) is 28.0 Å². The summed E-state index contributed by atoms with van der Waals surface area (Å²) >= 11 is 11.8. The van der Waals surface area contributed by atoms with Crippen LogP contribution in [0, 0.1) is 0 Å². The van der Waals surface area contributed by atoms with Gasteiger partial charge in [0.25, 0.3) is 0 Å². The summed E-state index contributed by atoms with van der Waals surface area (Å²) in [5, 5.41) is 17.1. The van der Waals surface area contributed by atoms with Crippen molar-refractivity contribution in [1.82, 2.24) is 9.78 Å². The highest BCUT2D eigenvalue weighted by molar-refractivity contribution is 6.36. The Morgan fingerprint density at radius 2 is 2.21 bits per heavy atom. The zero-order valence-corrected chi connectivity index (χ0v) is 11.5. The zero-order valence-electron chi connectivity index (χ0n) is 10.0. The van der Waals surface area contributed by atoms with Gasteiger partial charge in [0.05, 0.1) is 29.1 Å². The first-order chi connectivity index (χ1) is 8.99. The first-order valence-electron chi connectivity index (χ1n) is 5.42. The number of aryl methyl sites for hydroxylation is 1.